The lowest BCUT2D eigenvalue weighted by molar-refractivity contribution is 0.102. The fourth-order valence-electron chi connectivity index (χ4n) is 3.14. The molecule has 4 aromatic rings. The van der Waals surface area contributed by atoms with E-state index in [0.717, 1.165) is 11.4 Å². The molecule has 152 valence electrons. The summed E-state index contributed by atoms with van der Waals surface area (Å²) in [6.45, 7) is 4.00. The number of hydrogen-bond donors (Lipinski definition) is 2. The highest BCUT2D eigenvalue weighted by Crippen LogP contribution is 2.26. The molecule has 0 atom stereocenters. The zero-order valence-corrected chi connectivity index (χ0v) is 17.7. The van der Waals surface area contributed by atoms with Crippen molar-refractivity contribution in [3.8, 4) is 17.1 Å². The Kier molecular flexibility index (Phi) is 5.57. The van der Waals surface area contributed by atoms with Crippen molar-refractivity contribution in [1.29, 1.82) is 0 Å². The number of benzene rings is 2. The third-order valence-corrected chi connectivity index (χ3v) is 5.09. The number of nitrogens with zero attached hydrogens (tertiary/aromatic N) is 4. The van der Waals surface area contributed by atoms with E-state index < -0.39 is 0 Å². The predicted octanol–water partition coefficient (Wildman–Crippen LogP) is 5.34. The molecule has 2 heterocycles. The van der Waals surface area contributed by atoms with Crippen LogP contribution >= 0.6 is 23.2 Å². The molecule has 0 aliphatic rings. The largest absolute Gasteiger partial charge is 0.289 e. The summed E-state index contributed by atoms with van der Waals surface area (Å²) in [7, 11) is 0. The maximum Gasteiger partial charge on any atom is 0.261 e. The molecule has 0 bridgehead atoms. The second-order valence-electron chi connectivity index (χ2n) is 6.93. The van der Waals surface area contributed by atoms with E-state index in [1.807, 2.05) is 44.2 Å². The van der Waals surface area contributed by atoms with E-state index in [2.05, 4.69) is 25.6 Å². The lowest BCUT2D eigenvalue weighted by Gasteiger charge is -2.12. The third kappa shape index (κ3) is 3.94. The van der Waals surface area contributed by atoms with Crippen molar-refractivity contribution in [1.82, 2.24) is 25.0 Å². The molecule has 2 aromatic heterocycles. The Bertz CT molecular complexity index is 1200. The van der Waals surface area contributed by atoms with Gasteiger partial charge in [-0.1, -0.05) is 49.2 Å². The Morgan fingerprint density at radius 3 is 2.53 bits per heavy atom. The molecule has 0 radical (unpaired) electrons. The van der Waals surface area contributed by atoms with E-state index in [4.69, 9.17) is 23.2 Å². The molecule has 0 fully saturated rings. The SMILES string of the molecule is CC(C)c1c(C(=O)Nc2n[nH]c(-c3ccccc3Cl)n2)cnn1-c1ccc(Cl)cc1. The smallest absolute Gasteiger partial charge is 0.261 e. The minimum absolute atomic E-state index is 0.0507. The lowest BCUT2D eigenvalue weighted by Crippen LogP contribution is -2.16. The summed E-state index contributed by atoms with van der Waals surface area (Å²) in [5.74, 6) is 0.332. The van der Waals surface area contributed by atoms with Crippen molar-refractivity contribution >= 4 is 35.1 Å². The first-order valence-corrected chi connectivity index (χ1v) is 10.0. The summed E-state index contributed by atoms with van der Waals surface area (Å²) in [6.07, 6.45) is 1.54. The van der Waals surface area contributed by atoms with Gasteiger partial charge in [0.1, 0.15) is 0 Å². The second kappa shape index (κ2) is 8.30. The molecule has 1 amide bonds. The number of carbonyl (C=O) groups is 1. The molecule has 0 spiro atoms. The van der Waals surface area contributed by atoms with Gasteiger partial charge < -0.3 is 0 Å². The third-order valence-electron chi connectivity index (χ3n) is 4.51. The van der Waals surface area contributed by atoms with Crippen LogP contribution in [0.2, 0.25) is 10.0 Å². The second-order valence-corrected chi connectivity index (χ2v) is 7.77. The molecule has 0 aliphatic heterocycles. The van der Waals surface area contributed by atoms with Crippen LogP contribution in [0.15, 0.2) is 54.7 Å². The molecule has 2 aromatic carbocycles. The molecule has 0 saturated heterocycles. The molecule has 30 heavy (non-hydrogen) atoms. The van der Waals surface area contributed by atoms with Crippen LogP contribution in [-0.2, 0) is 0 Å². The zero-order valence-electron chi connectivity index (χ0n) is 16.2. The van der Waals surface area contributed by atoms with E-state index in [1.165, 1.54) is 0 Å². The van der Waals surface area contributed by atoms with Gasteiger partial charge >= 0.3 is 0 Å². The van der Waals surface area contributed by atoms with Crippen LogP contribution in [0.25, 0.3) is 17.1 Å². The monoisotopic (exact) mass is 440 g/mol. The van der Waals surface area contributed by atoms with Crippen LogP contribution in [0.4, 0.5) is 5.95 Å². The van der Waals surface area contributed by atoms with E-state index in [9.17, 15) is 4.79 Å². The first-order chi connectivity index (χ1) is 14.4. The molecule has 0 unspecified atom stereocenters. The van der Waals surface area contributed by atoms with Gasteiger partial charge in [0.15, 0.2) is 5.82 Å². The average molecular weight is 441 g/mol. The van der Waals surface area contributed by atoms with Crippen molar-refractivity contribution in [2.24, 2.45) is 0 Å². The number of amides is 1. The highest BCUT2D eigenvalue weighted by Gasteiger charge is 2.22. The van der Waals surface area contributed by atoms with Gasteiger partial charge in [-0.2, -0.15) is 10.1 Å². The van der Waals surface area contributed by atoms with Crippen LogP contribution in [0.1, 0.15) is 35.8 Å². The van der Waals surface area contributed by atoms with Crippen LogP contribution in [0.3, 0.4) is 0 Å². The van der Waals surface area contributed by atoms with Crippen molar-refractivity contribution in [2.75, 3.05) is 5.32 Å². The van der Waals surface area contributed by atoms with Crippen molar-refractivity contribution < 1.29 is 4.79 Å². The van der Waals surface area contributed by atoms with Crippen LogP contribution in [-0.4, -0.2) is 30.9 Å². The summed E-state index contributed by atoms with van der Waals surface area (Å²) in [5, 5.41) is 15.2. The maximum absolute atomic E-state index is 12.9. The van der Waals surface area contributed by atoms with Gasteiger partial charge in [0.25, 0.3) is 5.91 Å². The van der Waals surface area contributed by atoms with Gasteiger partial charge in [-0.15, -0.1) is 5.10 Å². The van der Waals surface area contributed by atoms with Gasteiger partial charge in [0.05, 0.1) is 28.2 Å². The number of aromatic nitrogens is 5. The molecule has 9 heteroatoms. The topological polar surface area (TPSA) is 88.5 Å². The van der Waals surface area contributed by atoms with Crippen molar-refractivity contribution in [2.45, 2.75) is 19.8 Å². The molecule has 0 aliphatic carbocycles. The predicted molar refractivity (Wildman–Crippen MR) is 117 cm³/mol. The fourth-order valence-corrected chi connectivity index (χ4v) is 3.49. The summed E-state index contributed by atoms with van der Waals surface area (Å²) in [4.78, 5) is 17.3. The molecule has 2 N–H and O–H groups in total. The standard InChI is InChI=1S/C21H18Cl2N6O/c1-12(2)18-16(11-24-29(18)14-9-7-13(22)8-10-14)20(30)26-21-25-19(27-28-21)15-5-3-4-6-17(15)23/h3-12H,1-2H3,(H2,25,26,27,28,30). The van der Waals surface area contributed by atoms with Crippen LogP contribution in [0, 0.1) is 0 Å². The average Bonchev–Trinajstić information content (AvgIpc) is 3.36. The van der Waals surface area contributed by atoms with Gasteiger partial charge in [-0.05, 0) is 42.3 Å². The first kappa shape index (κ1) is 20.1. The number of hydrogen-bond acceptors (Lipinski definition) is 4. The van der Waals surface area contributed by atoms with E-state index >= 15 is 0 Å². The van der Waals surface area contributed by atoms with Gasteiger partial charge in [-0.3, -0.25) is 15.2 Å². The van der Waals surface area contributed by atoms with E-state index in [-0.39, 0.29) is 17.8 Å². The molecular weight excluding hydrogens is 423 g/mol. The first-order valence-electron chi connectivity index (χ1n) is 9.26. The lowest BCUT2D eigenvalue weighted by atomic mass is 10.1. The summed E-state index contributed by atoms with van der Waals surface area (Å²) < 4.78 is 1.74. The van der Waals surface area contributed by atoms with Crippen molar-refractivity contribution in [3.05, 3.63) is 76.0 Å². The normalized spacial score (nSPS) is 11.1. The molecule has 7 nitrogen and oxygen atoms in total. The molecule has 0 saturated carbocycles. The van der Waals surface area contributed by atoms with Gasteiger partial charge in [0.2, 0.25) is 5.95 Å². The quantitative estimate of drug-likeness (QED) is 0.438. The van der Waals surface area contributed by atoms with Gasteiger partial charge in [0, 0.05) is 10.6 Å². The number of H-pyrrole nitrogens is 1. The molecular formula is C21H18Cl2N6O. The highest BCUT2D eigenvalue weighted by molar-refractivity contribution is 6.33. The van der Waals surface area contributed by atoms with Crippen molar-refractivity contribution in [3.63, 3.8) is 0 Å². The Hall–Kier alpha value is -3.16. The van der Waals surface area contributed by atoms with E-state index in [0.29, 0.717) is 27.0 Å². The Balaban J connectivity index is 1.61. The summed E-state index contributed by atoms with van der Waals surface area (Å²) in [5.41, 5.74) is 2.74. The zero-order chi connectivity index (χ0) is 21.3. The fraction of sp³-hybridized carbons (Fsp3) is 0.143. The summed E-state index contributed by atoms with van der Waals surface area (Å²) in [6, 6.07) is 14.5. The van der Waals surface area contributed by atoms with E-state index in [1.54, 1.807) is 29.1 Å². The van der Waals surface area contributed by atoms with Gasteiger partial charge in [-0.25, -0.2) is 4.68 Å². The Morgan fingerprint density at radius 1 is 1.10 bits per heavy atom. The number of rotatable bonds is 5. The number of carbonyl (C=O) groups excluding carboxylic acids is 1. The minimum Gasteiger partial charge on any atom is -0.289 e. The maximum atomic E-state index is 12.9. The minimum atomic E-state index is -0.344. The highest BCUT2D eigenvalue weighted by atomic mass is 35.5. The number of halogens is 2. The Labute approximate surface area is 183 Å². The summed E-state index contributed by atoms with van der Waals surface area (Å²) >= 11 is 12.2. The number of aromatic amines is 1. The number of nitrogens with one attached hydrogen (secondary N) is 2. The molecule has 4 rings (SSSR count). The number of anilines is 1. The van der Waals surface area contributed by atoms with Crippen LogP contribution < -0.4 is 5.32 Å². The van der Waals surface area contributed by atoms with Crippen LogP contribution in [0.5, 0.6) is 0 Å². The Morgan fingerprint density at radius 2 is 1.83 bits per heavy atom.